The predicted molar refractivity (Wildman–Crippen MR) is 137 cm³/mol. The number of amides is 2. The number of hydrogen-bond acceptors (Lipinski definition) is 5. The molecule has 2 amide bonds. The predicted octanol–water partition coefficient (Wildman–Crippen LogP) is 5.56. The first kappa shape index (κ1) is 27.2. The normalized spacial score (nSPS) is 13.1. The van der Waals surface area contributed by atoms with E-state index in [1.807, 2.05) is 18.2 Å². The molecule has 36 heavy (non-hydrogen) atoms. The Balaban J connectivity index is 1.90. The molecule has 1 aliphatic heterocycles. The Kier molecular flexibility index (Phi) is 8.71. The smallest absolute Gasteiger partial charge is 0.415 e. The van der Waals surface area contributed by atoms with Crippen molar-refractivity contribution in [1.29, 1.82) is 0 Å². The van der Waals surface area contributed by atoms with Crippen molar-refractivity contribution >= 4 is 29.3 Å². The molecule has 8 heteroatoms. The molecule has 2 aromatic carbocycles. The van der Waals surface area contributed by atoms with Crippen LogP contribution in [0, 0.1) is 5.82 Å². The van der Waals surface area contributed by atoms with Gasteiger partial charge in [-0.05, 0) is 81.8 Å². The van der Waals surface area contributed by atoms with E-state index in [0.29, 0.717) is 17.8 Å². The van der Waals surface area contributed by atoms with Crippen LogP contribution in [0.15, 0.2) is 36.4 Å². The molecule has 0 N–H and O–H groups in total. The van der Waals surface area contributed by atoms with Gasteiger partial charge in [-0.25, -0.2) is 9.18 Å². The maximum atomic E-state index is 15.0. The number of benzene rings is 2. The summed E-state index contributed by atoms with van der Waals surface area (Å²) in [6.07, 6.45) is 1.44. The molecule has 3 rings (SSSR count). The number of fused-ring (bicyclic) bond motifs is 1. The Morgan fingerprint density at radius 1 is 1.11 bits per heavy atom. The number of rotatable bonds is 7. The Morgan fingerprint density at radius 3 is 2.50 bits per heavy atom. The largest absolute Gasteiger partial charge is 0.466 e. The molecule has 0 aromatic heterocycles. The first-order valence-electron chi connectivity index (χ1n) is 12.3. The fourth-order valence-electron chi connectivity index (χ4n) is 4.18. The summed E-state index contributed by atoms with van der Waals surface area (Å²) in [7, 11) is 0. The second kappa shape index (κ2) is 11.5. The lowest BCUT2D eigenvalue weighted by Crippen LogP contribution is -2.37. The fourth-order valence-corrected chi connectivity index (χ4v) is 4.18. The highest BCUT2D eigenvalue weighted by molar-refractivity contribution is 5.93. The van der Waals surface area contributed by atoms with Gasteiger partial charge in [-0.15, -0.1) is 0 Å². The van der Waals surface area contributed by atoms with E-state index in [4.69, 9.17) is 9.47 Å². The van der Waals surface area contributed by atoms with E-state index < -0.39 is 17.5 Å². The molecule has 0 fully saturated rings. The SMILES string of the molecule is CCOC(=O)CCc1ccc(N(Cc2ccc3c(c2)N(C(C)=O)CCC3)C(=O)OC(C)(C)C)cc1F. The second-order valence-corrected chi connectivity index (χ2v) is 9.88. The molecule has 194 valence electrons. The summed E-state index contributed by atoms with van der Waals surface area (Å²) < 4.78 is 25.5. The summed E-state index contributed by atoms with van der Waals surface area (Å²) in [6.45, 7) is 9.64. The van der Waals surface area contributed by atoms with Crippen LogP contribution in [-0.2, 0) is 38.4 Å². The second-order valence-electron chi connectivity index (χ2n) is 9.88. The standard InChI is InChI=1S/C28H35FN2O5/c1-6-35-26(33)14-12-21-11-13-23(17-24(21)29)31(27(34)36-28(3,4)5)18-20-9-10-22-8-7-15-30(19(2)32)25(22)16-20/h9-11,13,16-17H,6-8,12,14-15,18H2,1-5H3. The minimum absolute atomic E-state index is 0.0300. The van der Waals surface area contributed by atoms with Crippen LogP contribution in [0.4, 0.5) is 20.6 Å². The van der Waals surface area contributed by atoms with Crippen molar-refractivity contribution in [2.24, 2.45) is 0 Å². The van der Waals surface area contributed by atoms with Gasteiger partial charge in [-0.2, -0.15) is 0 Å². The number of carbonyl (C=O) groups excluding carboxylic acids is 3. The molecule has 0 unspecified atom stereocenters. The quantitative estimate of drug-likeness (QED) is 0.467. The number of anilines is 2. The van der Waals surface area contributed by atoms with Crippen LogP contribution >= 0.6 is 0 Å². The lowest BCUT2D eigenvalue weighted by molar-refractivity contribution is -0.143. The average Bonchev–Trinajstić information content (AvgIpc) is 2.80. The van der Waals surface area contributed by atoms with E-state index in [1.165, 1.54) is 11.0 Å². The van der Waals surface area contributed by atoms with Crippen molar-refractivity contribution in [3.8, 4) is 0 Å². The van der Waals surface area contributed by atoms with Gasteiger partial charge in [0.05, 0.1) is 18.8 Å². The first-order valence-corrected chi connectivity index (χ1v) is 12.3. The minimum Gasteiger partial charge on any atom is -0.466 e. The molecule has 0 bridgehead atoms. The van der Waals surface area contributed by atoms with Gasteiger partial charge in [0.2, 0.25) is 5.91 Å². The molecule has 0 saturated heterocycles. The van der Waals surface area contributed by atoms with Gasteiger partial charge in [0, 0.05) is 25.6 Å². The number of ether oxygens (including phenoxy) is 2. The molecule has 2 aromatic rings. The zero-order valence-electron chi connectivity index (χ0n) is 21.7. The highest BCUT2D eigenvalue weighted by atomic mass is 19.1. The average molecular weight is 499 g/mol. The highest BCUT2D eigenvalue weighted by Gasteiger charge is 2.26. The van der Waals surface area contributed by atoms with Crippen LogP contribution in [0.5, 0.6) is 0 Å². The van der Waals surface area contributed by atoms with Crippen molar-refractivity contribution in [2.75, 3.05) is 23.0 Å². The summed E-state index contributed by atoms with van der Waals surface area (Å²) in [5.74, 6) is -0.931. The van der Waals surface area contributed by atoms with Crippen LogP contribution in [0.3, 0.4) is 0 Å². The zero-order chi connectivity index (χ0) is 26.5. The van der Waals surface area contributed by atoms with Gasteiger partial charge < -0.3 is 14.4 Å². The lowest BCUT2D eigenvalue weighted by Gasteiger charge is -2.30. The third-order valence-corrected chi connectivity index (χ3v) is 5.86. The van der Waals surface area contributed by atoms with Crippen molar-refractivity contribution in [3.05, 3.63) is 58.9 Å². The topological polar surface area (TPSA) is 76.2 Å². The molecular formula is C28H35FN2O5. The first-order chi connectivity index (χ1) is 17.0. The number of hydrogen-bond donors (Lipinski definition) is 0. The van der Waals surface area contributed by atoms with Crippen LogP contribution in [0.25, 0.3) is 0 Å². The lowest BCUT2D eigenvalue weighted by atomic mass is 9.99. The van der Waals surface area contributed by atoms with Gasteiger partial charge in [0.15, 0.2) is 0 Å². The number of esters is 1. The Hall–Kier alpha value is -3.42. The van der Waals surface area contributed by atoms with Gasteiger partial charge in [0.25, 0.3) is 0 Å². The molecule has 0 atom stereocenters. The monoisotopic (exact) mass is 498 g/mol. The van der Waals surface area contributed by atoms with Crippen molar-refractivity contribution in [1.82, 2.24) is 0 Å². The third-order valence-electron chi connectivity index (χ3n) is 5.86. The summed E-state index contributed by atoms with van der Waals surface area (Å²) in [5.41, 5.74) is 2.68. The van der Waals surface area contributed by atoms with Crippen molar-refractivity contribution < 1.29 is 28.2 Å². The summed E-state index contributed by atoms with van der Waals surface area (Å²) in [4.78, 5) is 40.1. The number of carbonyl (C=O) groups is 3. The van der Waals surface area contributed by atoms with E-state index in [0.717, 1.165) is 29.7 Å². The maximum absolute atomic E-state index is 15.0. The Morgan fingerprint density at radius 2 is 1.86 bits per heavy atom. The Labute approximate surface area is 212 Å². The molecule has 7 nitrogen and oxygen atoms in total. The zero-order valence-corrected chi connectivity index (χ0v) is 21.7. The van der Waals surface area contributed by atoms with Gasteiger partial charge >= 0.3 is 12.1 Å². The fraction of sp³-hybridized carbons (Fsp3) is 0.464. The van der Waals surface area contributed by atoms with Gasteiger partial charge in [0.1, 0.15) is 11.4 Å². The van der Waals surface area contributed by atoms with Crippen LogP contribution < -0.4 is 9.80 Å². The van der Waals surface area contributed by atoms with Crippen LogP contribution in [0.2, 0.25) is 0 Å². The highest BCUT2D eigenvalue weighted by Crippen LogP contribution is 2.30. The maximum Gasteiger partial charge on any atom is 0.415 e. The van der Waals surface area contributed by atoms with Crippen LogP contribution in [-0.4, -0.2) is 36.7 Å². The molecule has 0 saturated carbocycles. The van der Waals surface area contributed by atoms with E-state index in [-0.39, 0.29) is 37.9 Å². The van der Waals surface area contributed by atoms with E-state index >= 15 is 0 Å². The third kappa shape index (κ3) is 7.06. The van der Waals surface area contributed by atoms with Gasteiger partial charge in [-0.1, -0.05) is 18.2 Å². The molecule has 1 aliphatic rings. The molecule has 0 aliphatic carbocycles. The summed E-state index contributed by atoms with van der Waals surface area (Å²) in [5, 5.41) is 0. The Bertz CT molecular complexity index is 1130. The number of nitrogens with zero attached hydrogens (tertiary/aromatic N) is 2. The summed E-state index contributed by atoms with van der Waals surface area (Å²) in [6, 6.07) is 10.3. The molecule has 0 spiro atoms. The van der Waals surface area contributed by atoms with Crippen molar-refractivity contribution in [2.45, 2.75) is 72.4 Å². The van der Waals surface area contributed by atoms with Gasteiger partial charge in [-0.3, -0.25) is 14.5 Å². The molecular weight excluding hydrogens is 463 g/mol. The van der Waals surface area contributed by atoms with Crippen LogP contribution in [0.1, 0.15) is 64.2 Å². The number of aryl methyl sites for hydroxylation is 2. The molecule has 1 heterocycles. The molecule has 0 radical (unpaired) electrons. The van der Waals surface area contributed by atoms with Crippen molar-refractivity contribution in [3.63, 3.8) is 0 Å². The summed E-state index contributed by atoms with van der Waals surface area (Å²) >= 11 is 0. The minimum atomic E-state index is -0.741. The van der Waals surface area contributed by atoms with E-state index in [9.17, 15) is 18.8 Å². The van der Waals surface area contributed by atoms with E-state index in [1.54, 1.807) is 51.7 Å². The number of halogens is 1. The van der Waals surface area contributed by atoms with E-state index in [2.05, 4.69) is 0 Å².